The molecule has 0 aromatic carbocycles. The van der Waals surface area contributed by atoms with Gasteiger partial charge in [0.1, 0.15) is 0 Å². The third-order valence-corrected chi connectivity index (χ3v) is 4.09. The van der Waals surface area contributed by atoms with Gasteiger partial charge in [-0.3, -0.25) is 0 Å². The number of carbonyl (C=O) groups excluding carboxylic acids is 1. The number of rotatable bonds is 2. The lowest BCUT2D eigenvalue weighted by Gasteiger charge is -2.39. The lowest BCUT2D eigenvalue weighted by molar-refractivity contribution is -0.266. The van der Waals surface area contributed by atoms with E-state index in [0.717, 1.165) is 0 Å². The van der Waals surface area contributed by atoms with Crippen LogP contribution in [0.2, 0.25) is 0 Å². The predicted molar refractivity (Wildman–Crippen MR) is 75.3 cm³/mol. The molecule has 1 fully saturated rings. The number of nitrogens with zero attached hydrogens (tertiary/aromatic N) is 3. The molecule has 0 radical (unpaired) electrons. The van der Waals surface area contributed by atoms with Crippen molar-refractivity contribution in [2.75, 3.05) is 25.1 Å². The van der Waals surface area contributed by atoms with Crippen molar-refractivity contribution in [1.82, 2.24) is 9.97 Å². The third-order valence-electron chi connectivity index (χ3n) is 4.09. The van der Waals surface area contributed by atoms with Gasteiger partial charge in [0.05, 0.1) is 18.5 Å². The summed E-state index contributed by atoms with van der Waals surface area (Å²) >= 11 is 0. The quantitative estimate of drug-likeness (QED) is 0.832. The highest BCUT2D eigenvalue weighted by Gasteiger charge is 2.54. The minimum Gasteiger partial charge on any atom is -0.464 e. The number of hydrogen-bond acceptors (Lipinski definition) is 6. The Kier molecular flexibility index (Phi) is 4.52. The van der Waals surface area contributed by atoms with Crippen LogP contribution in [0, 0.1) is 13.8 Å². The van der Waals surface area contributed by atoms with E-state index in [1.165, 1.54) is 12.0 Å². The van der Waals surface area contributed by atoms with Crippen molar-refractivity contribution < 1.29 is 27.8 Å². The van der Waals surface area contributed by atoms with Gasteiger partial charge in [-0.05, 0) is 13.8 Å². The molecule has 2 rings (SSSR count). The maximum atomic E-state index is 12.9. The summed E-state index contributed by atoms with van der Waals surface area (Å²) in [5.41, 5.74) is -1.63. The van der Waals surface area contributed by atoms with Gasteiger partial charge in [-0.2, -0.15) is 13.2 Å². The van der Waals surface area contributed by atoms with E-state index >= 15 is 0 Å². The molecule has 0 amide bonds. The van der Waals surface area contributed by atoms with Crippen LogP contribution in [0.4, 0.5) is 19.0 Å². The second kappa shape index (κ2) is 5.95. The van der Waals surface area contributed by atoms with E-state index in [-0.39, 0.29) is 24.6 Å². The molecule has 0 aliphatic carbocycles. The maximum Gasteiger partial charge on any atom is 0.417 e. The van der Waals surface area contributed by atoms with E-state index in [0.29, 0.717) is 11.4 Å². The molecule has 1 aromatic heterocycles. The molecule has 128 valence electrons. The molecular formula is C14H18F3N3O3. The summed E-state index contributed by atoms with van der Waals surface area (Å²) < 4.78 is 43.3. The van der Waals surface area contributed by atoms with Crippen molar-refractivity contribution in [2.24, 2.45) is 0 Å². The standard InChI is InChI=1S/C14H18F3N3O3/c1-8-9(2)19-11(10(18-8)12(21)23-3)20-6-4-13(22,5-7-20)14(15,16)17/h22H,4-7H2,1-3H3. The number of aryl methyl sites for hydroxylation is 2. The molecule has 1 saturated heterocycles. The number of alkyl halides is 3. The first-order valence-corrected chi connectivity index (χ1v) is 7.06. The van der Waals surface area contributed by atoms with Crippen LogP contribution >= 0.6 is 0 Å². The van der Waals surface area contributed by atoms with Crippen molar-refractivity contribution in [3.8, 4) is 0 Å². The van der Waals surface area contributed by atoms with Crippen LogP contribution in [0.5, 0.6) is 0 Å². The number of hydrogen-bond donors (Lipinski definition) is 1. The molecule has 23 heavy (non-hydrogen) atoms. The molecule has 9 heteroatoms. The smallest absolute Gasteiger partial charge is 0.417 e. The van der Waals surface area contributed by atoms with E-state index < -0.39 is 30.6 Å². The summed E-state index contributed by atoms with van der Waals surface area (Å²) in [7, 11) is 1.20. The van der Waals surface area contributed by atoms with Crippen LogP contribution in [0.3, 0.4) is 0 Å². The van der Waals surface area contributed by atoms with Crippen LogP contribution < -0.4 is 4.90 Å². The highest BCUT2D eigenvalue weighted by atomic mass is 19.4. The molecule has 0 saturated carbocycles. The number of aliphatic hydroxyl groups is 1. The number of carbonyl (C=O) groups is 1. The number of halogens is 3. The molecule has 1 aromatic rings. The van der Waals surface area contributed by atoms with Gasteiger partial charge in [-0.1, -0.05) is 0 Å². The van der Waals surface area contributed by atoms with Gasteiger partial charge in [0.15, 0.2) is 17.1 Å². The minimum absolute atomic E-state index is 0.0342. The van der Waals surface area contributed by atoms with Crippen LogP contribution in [0.15, 0.2) is 0 Å². The number of piperidine rings is 1. The van der Waals surface area contributed by atoms with Crippen molar-refractivity contribution in [3.63, 3.8) is 0 Å². The molecule has 0 unspecified atom stereocenters. The number of methoxy groups -OCH3 is 1. The Balaban J connectivity index is 2.30. The van der Waals surface area contributed by atoms with Crippen molar-refractivity contribution in [3.05, 3.63) is 17.1 Å². The second-order valence-corrected chi connectivity index (χ2v) is 5.57. The zero-order chi connectivity index (χ0) is 17.4. The fourth-order valence-corrected chi connectivity index (χ4v) is 2.42. The first-order chi connectivity index (χ1) is 10.6. The van der Waals surface area contributed by atoms with Crippen molar-refractivity contribution in [1.29, 1.82) is 0 Å². The van der Waals surface area contributed by atoms with E-state index in [1.54, 1.807) is 13.8 Å². The molecule has 0 spiro atoms. The summed E-state index contributed by atoms with van der Waals surface area (Å²) in [6.07, 6.45) is -5.67. The second-order valence-electron chi connectivity index (χ2n) is 5.57. The topological polar surface area (TPSA) is 75.5 Å². The first-order valence-electron chi connectivity index (χ1n) is 7.06. The van der Waals surface area contributed by atoms with Crippen LogP contribution in [-0.2, 0) is 4.74 Å². The van der Waals surface area contributed by atoms with Gasteiger partial charge in [-0.25, -0.2) is 14.8 Å². The SMILES string of the molecule is COC(=O)c1nc(C)c(C)nc1N1CCC(O)(C(F)(F)F)CC1. The summed E-state index contributed by atoms with van der Waals surface area (Å²) in [6.45, 7) is 3.20. The zero-order valence-electron chi connectivity index (χ0n) is 13.1. The lowest BCUT2D eigenvalue weighted by Crippen LogP contribution is -2.53. The summed E-state index contributed by atoms with van der Waals surface area (Å²) in [5.74, 6) is -0.517. The summed E-state index contributed by atoms with van der Waals surface area (Å²) in [6, 6.07) is 0. The van der Waals surface area contributed by atoms with E-state index in [2.05, 4.69) is 14.7 Å². The summed E-state index contributed by atoms with van der Waals surface area (Å²) in [4.78, 5) is 21.8. The van der Waals surface area contributed by atoms with E-state index in [9.17, 15) is 23.1 Å². The van der Waals surface area contributed by atoms with E-state index in [1.807, 2.05) is 0 Å². The van der Waals surface area contributed by atoms with Gasteiger partial charge in [0.2, 0.25) is 0 Å². The number of ether oxygens (including phenoxy) is 1. The molecule has 1 aliphatic heterocycles. The number of anilines is 1. The lowest BCUT2D eigenvalue weighted by atomic mass is 9.91. The molecule has 2 heterocycles. The predicted octanol–water partition coefficient (Wildman–Crippen LogP) is 1.77. The largest absolute Gasteiger partial charge is 0.464 e. The Bertz CT molecular complexity index is 611. The fraction of sp³-hybridized carbons (Fsp3) is 0.643. The minimum atomic E-state index is -4.68. The number of aromatic nitrogens is 2. The highest BCUT2D eigenvalue weighted by Crippen LogP contribution is 2.39. The first kappa shape index (κ1) is 17.5. The molecular weight excluding hydrogens is 315 g/mol. The van der Waals surface area contributed by atoms with E-state index in [4.69, 9.17) is 0 Å². The van der Waals surface area contributed by atoms with Crippen LogP contribution in [-0.4, -0.2) is 53.0 Å². The molecule has 1 N–H and O–H groups in total. The Morgan fingerprint density at radius 1 is 1.22 bits per heavy atom. The molecule has 0 bridgehead atoms. The van der Waals surface area contributed by atoms with Gasteiger partial charge in [0.25, 0.3) is 0 Å². The number of esters is 1. The maximum absolute atomic E-state index is 12.9. The Morgan fingerprint density at radius 3 is 2.22 bits per heavy atom. The molecule has 1 aliphatic rings. The summed E-state index contributed by atoms with van der Waals surface area (Å²) in [5, 5.41) is 9.72. The monoisotopic (exact) mass is 333 g/mol. The van der Waals surface area contributed by atoms with Crippen LogP contribution in [0.1, 0.15) is 34.7 Å². The third kappa shape index (κ3) is 3.24. The average molecular weight is 333 g/mol. The van der Waals surface area contributed by atoms with Crippen molar-refractivity contribution >= 4 is 11.8 Å². The highest BCUT2D eigenvalue weighted by molar-refractivity contribution is 5.92. The zero-order valence-corrected chi connectivity index (χ0v) is 13.1. The van der Waals surface area contributed by atoms with Crippen LogP contribution in [0.25, 0.3) is 0 Å². The average Bonchev–Trinajstić information content (AvgIpc) is 2.48. The van der Waals surface area contributed by atoms with Gasteiger partial charge >= 0.3 is 12.1 Å². The van der Waals surface area contributed by atoms with Gasteiger partial charge in [-0.15, -0.1) is 0 Å². The fourth-order valence-electron chi connectivity index (χ4n) is 2.42. The normalized spacial score (nSPS) is 18.0. The van der Waals surface area contributed by atoms with Gasteiger partial charge in [0, 0.05) is 25.9 Å². The Hall–Kier alpha value is -1.90. The molecule has 0 atom stereocenters. The molecule has 6 nitrogen and oxygen atoms in total. The van der Waals surface area contributed by atoms with Gasteiger partial charge < -0.3 is 14.7 Å². The van der Waals surface area contributed by atoms with Crippen molar-refractivity contribution in [2.45, 2.75) is 38.5 Å². The Morgan fingerprint density at radius 2 is 1.74 bits per heavy atom. The Labute approximate surface area is 131 Å².